The summed E-state index contributed by atoms with van der Waals surface area (Å²) >= 11 is 1.09. The van der Waals surface area contributed by atoms with Gasteiger partial charge in [-0.05, 0) is 49.1 Å². The molecule has 1 aromatic carbocycles. The standard InChI is InChI=1S/C20H17N5O2S/c1-12-5-3-4-6-15(12)23-16(26)11-25-13(2)22-18-17(14-7-9-21-10-8-14)24-28-19(18)20(25)27/h3-10H,11H2,1-2H3,(H,23,26). The molecule has 4 aromatic rings. The Labute approximate surface area is 164 Å². The molecular formula is C20H17N5O2S. The molecule has 140 valence electrons. The summed E-state index contributed by atoms with van der Waals surface area (Å²) in [6.45, 7) is 3.53. The first kappa shape index (κ1) is 18.0. The zero-order valence-electron chi connectivity index (χ0n) is 15.3. The van der Waals surface area contributed by atoms with Crippen LogP contribution in [0.4, 0.5) is 5.69 Å². The molecule has 0 aliphatic rings. The highest BCUT2D eigenvalue weighted by atomic mass is 32.1. The number of nitrogens with one attached hydrogen (secondary N) is 1. The summed E-state index contributed by atoms with van der Waals surface area (Å²) in [6, 6.07) is 11.2. The van der Waals surface area contributed by atoms with E-state index in [1.165, 1.54) is 4.57 Å². The van der Waals surface area contributed by atoms with Gasteiger partial charge < -0.3 is 5.32 Å². The number of carbonyl (C=O) groups excluding carboxylic acids is 1. The molecule has 7 nitrogen and oxygen atoms in total. The van der Waals surface area contributed by atoms with Crippen molar-refractivity contribution in [1.29, 1.82) is 0 Å². The van der Waals surface area contributed by atoms with Gasteiger partial charge in [0.25, 0.3) is 5.56 Å². The Morgan fingerprint density at radius 1 is 1.14 bits per heavy atom. The van der Waals surface area contributed by atoms with Gasteiger partial charge in [0, 0.05) is 23.6 Å². The third-order valence-corrected chi connectivity index (χ3v) is 5.27. The molecule has 1 N–H and O–H groups in total. The van der Waals surface area contributed by atoms with E-state index in [1.54, 1.807) is 19.3 Å². The maximum Gasteiger partial charge on any atom is 0.273 e. The second-order valence-electron chi connectivity index (χ2n) is 6.36. The SMILES string of the molecule is Cc1ccccc1NC(=O)Cn1c(C)nc2c(-c3ccncc3)nsc2c1=O. The van der Waals surface area contributed by atoms with Crippen LogP contribution in [-0.2, 0) is 11.3 Å². The Hall–Kier alpha value is -3.39. The highest BCUT2D eigenvalue weighted by Gasteiger charge is 2.18. The summed E-state index contributed by atoms with van der Waals surface area (Å²) in [5.74, 6) is 0.187. The monoisotopic (exact) mass is 391 g/mol. The number of amides is 1. The fraction of sp³-hybridized carbons (Fsp3) is 0.150. The number of anilines is 1. The van der Waals surface area contributed by atoms with Crippen LogP contribution in [0.25, 0.3) is 21.5 Å². The minimum atomic E-state index is -0.278. The molecule has 8 heteroatoms. The minimum Gasteiger partial charge on any atom is -0.324 e. The lowest BCUT2D eigenvalue weighted by atomic mass is 10.2. The van der Waals surface area contributed by atoms with Gasteiger partial charge in [0.15, 0.2) is 0 Å². The van der Waals surface area contributed by atoms with E-state index in [0.717, 1.165) is 28.3 Å². The molecule has 0 unspecified atom stereocenters. The zero-order chi connectivity index (χ0) is 19.7. The first-order valence-corrected chi connectivity index (χ1v) is 9.44. The summed E-state index contributed by atoms with van der Waals surface area (Å²) in [6.07, 6.45) is 3.34. The van der Waals surface area contributed by atoms with Gasteiger partial charge in [-0.25, -0.2) is 4.98 Å². The van der Waals surface area contributed by atoms with Crippen LogP contribution in [-0.4, -0.2) is 24.8 Å². The van der Waals surface area contributed by atoms with Crippen LogP contribution >= 0.6 is 11.5 Å². The predicted octanol–water partition coefficient (Wildman–Crippen LogP) is 3.17. The molecule has 0 aliphatic heterocycles. The number of aromatic nitrogens is 4. The van der Waals surface area contributed by atoms with Crippen molar-refractivity contribution in [2.75, 3.05) is 5.32 Å². The number of aryl methyl sites for hydroxylation is 2. The van der Waals surface area contributed by atoms with Crippen molar-refractivity contribution >= 4 is 33.3 Å². The number of hydrogen-bond donors (Lipinski definition) is 1. The Kier molecular flexibility index (Phi) is 4.70. The fourth-order valence-electron chi connectivity index (χ4n) is 2.95. The van der Waals surface area contributed by atoms with Gasteiger partial charge in [-0.3, -0.25) is 19.1 Å². The van der Waals surface area contributed by atoms with Crippen molar-refractivity contribution in [2.24, 2.45) is 0 Å². The van der Waals surface area contributed by atoms with Crippen LogP contribution in [0, 0.1) is 13.8 Å². The number of carbonyl (C=O) groups is 1. The minimum absolute atomic E-state index is 0.107. The van der Waals surface area contributed by atoms with E-state index in [4.69, 9.17) is 0 Å². The lowest BCUT2D eigenvalue weighted by Crippen LogP contribution is -2.30. The molecule has 1 amide bonds. The smallest absolute Gasteiger partial charge is 0.273 e. The van der Waals surface area contributed by atoms with Crippen molar-refractivity contribution in [3.63, 3.8) is 0 Å². The highest BCUT2D eigenvalue weighted by Crippen LogP contribution is 2.27. The molecule has 0 bridgehead atoms. The summed E-state index contributed by atoms with van der Waals surface area (Å²) < 4.78 is 6.22. The van der Waals surface area contributed by atoms with E-state index in [0.29, 0.717) is 21.7 Å². The number of hydrogen-bond acceptors (Lipinski definition) is 6. The van der Waals surface area contributed by atoms with Crippen LogP contribution in [0.1, 0.15) is 11.4 Å². The van der Waals surface area contributed by atoms with Crippen LogP contribution in [0.3, 0.4) is 0 Å². The van der Waals surface area contributed by atoms with E-state index < -0.39 is 0 Å². The van der Waals surface area contributed by atoms with E-state index in [-0.39, 0.29) is 18.0 Å². The van der Waals surface area contributed by atoms with Crippen molar-refractivity contribution in [1.82, 2.24) is 18.9 Å². The third kappa shape index (κ3) is 3.29. The number of rotatable bonds is 4. The van der Waals surface area contributed by atoms with Crippen LogP contribution < -0.4 is 10.9 Å². The molecule has 0 saturated heterocycles. The molecule has 3 heterocycles. The summed E-state index contributed by atoms with van der Waals surface area (Å²) in [4.78, 5) is 34.0. The van der Waals surface area contributed by atoms with Crippen LogP contribution in [0.2, 0.25) is 0 Å². The average molecular weight is 391 g/mol. The van der Waals surface area contributed by atoms with Gasteiger partial charge in [-0.15, -0.1) is 0 Å². The molecule has 0 saturated carbocycles. The number of para-hydroxylation sites is 1. The number of nitrogens with zero attached hydrogens (tertiary/aromatic N) is 4. The quantitative estimate of drug-likeness (QED) is 0.577. The number of pyridine rings is 1. The number of fused-ring (bicyclic) bond motifs is 1. The normalized spacial score (nSPS) is 10.9. The molecular weight excluding hydrogens is 374 g/mol. The van der Waals surface area contributed by atoms with Gasteiger partial charge in [0.1, 0.15) is 28.3 Å². The molecule has 0 atom stereocenters. The molecule has 4 rings (SSSR count). The van der Waals surface area contributed by atoms with Crippen LogP contribution in [0.5, 0.6) is 0 Å². The van der Waals surface area contributed by atoms with E-state index >= 15 is 0 Å². The maximum absolute atomic E-state index is 12.9. The first-order chi connectivity index (χ1) is 13.5. The maximum atomic E-state index is 12.9. The first-order valence-electron chi connectivity index (χ1n) is 8.67. The fourth-order valence-corrected chi connectivity index (χ4v) is 3.74. The Bertz CT molecular complexity index is 1230. The molecule has 3 aromatic heterocycles. The second-order valence-corrected chi connectivity index (χ2v) is 7.13. The van der Waals surface area contributed by atoms with Gasteiger partial charge in [-0.1, -0.05) is 18.2 Å². The van der Waals surface area contributed by atoms with Crippen molar-refractivity contribution in [2.45, 2.75) is 20.4 Å². The lowest BCUT2D eigenvalue weighted by Gasteiger charge is -2.11. The molecule has 0 fully saturated rings. The second kappa shape index (κ2) is 7.32. The highest BCUT2D eigenvalue weighted by molar-refractivity contribution is 7.13. The van der Waals surface area contributed by atoms with Gasteiger partial charge in [-0.2, -0.15) is 4.37 Å². The zero-order valence-corrected chi connectivity index (χ0v) is 16.2. The molecule has 28 heavy (non-hydrogen) atoms. The summed E-state index contributed by atoms with van der Waals surface area (Å²) in [7, 11) is 0. The van der Waals surface area contributed by atoms with Crippen molar-refractivity contribution < 1.29 is 4.79 Å². The number of benzene rings is 1. The molecule has 0 spiro atoms. The molecule has 0 radical (unpaired) electrons. The van der Waals surface area contributed by atoms with E-state index in [2.05, 4.69) is 19.7 Å². The Morgan fingerprint density at radius 2 is 1.89 bits per heavy atom. The Morgan fingerprint density at radius 3 is 2.64 bits per heavy atom. The van der Waals surface area contributed by atoms with Crippen LogP contribution in [0.15, 0.2) is 53.6 Å². The van der Waals surface area contributed by atoms with Crippen molar-refractivity contribution in [3.05, 3.63) is 70.5 Å². The Balaban J connectivity index is 1.68. The third-order valence-electron chi connectivity index (χ3n) is 4.45. The lowest BCUT2D eigenvalue weighted by molar-refractivity contribution is -0.116. The van der Waals surface area contributed by atoms with E-state index in [9.17, 15) is 9.59 Å². The predicted molar refractivity (Wildman–Crippen MR) is 109 cm³/mol. The molecule has 0 aliphatic carbocycles. The van der Waals surface area contributed by atoms with Gasteiger partial charge in [0.2, 0.25) is 5.91 Å². The summed E-state index contributed by atoms with van der Waals surface area (Å²) in [5.41, 5.74) is 3.47. The topological polar surface area (TPSA) is 89.8 Å². The van der Waals surface area contributed by atoms with E-state index in [1.807, 2.05) is 43.3 Å². The van der Waals surface area contributed by atoms with Crippen molar-refractivity contribution in [3.8, 4) is 11.3 Å². The van der Waals surface area contributed by atoms with Gasteiger partial charge >= 0.3 is 0 Å². The van der Waals surface area contributed by atoms with Gasteiger partial charge in [0.05, 0.1) is 0 Å². The largest absolute Gasteiger partial charge is 0.324 e. The summed E-state index contributed by atoms with van der Waals surface area (Å²) in [5, 5.41) is 2.85. The average Bonchev–Trinajstić information content (AvgIpc) is 3.11.